The Bertz CT molecular complexity index is 974. The lowest BCUT2D eigenvalue weighted by Gasteiger charge is -2.20. The number of hydrogen-bond donors (Lipinski definition) is 0. The van der Waals surface area contributed by atoms with Gasteiger partial charge in [-0.15, -0.1) is 0 Å². The molecule has 0 amide bonds. The number of nitro benzene ring substituents is 2. The van der Waals surface area contributed by atoms with Crippen molar-refractivity contribution >= 4 is 24.3 Å². The summed E-state index contributed by atoms with van der Waals surface area (Å²) in [6.07, 6.45) is 0. The van der Waals surface area contributed by atoms with E-state index in [-0.39, 0.29) is 28.2 Å². The second-order valence-corrected chi connectivity index (χ2v) is 7.39. The first-order chi connectivity index (χ1) is 13.4. The molecule has 0 aliphatic carbocycles. The van der Waals surface area contributed by atoms with E-state index in [1.54, 1.807) is 30.3 Å². The Morgan fingerprint density at radius 3 is 1.39 bits per heavy atom. The average Bonchev–Trinajstić information content (AvgIpc) is 2.69. The first-order valence-corrected chi connectivity index (χ1v) is 9.45. The Morgan fingerprint density at radius 1 is 0.643 bits per heavy atom. The lowest BCUT2D eigenvalue weighted by Crippen LogP contribution is -2.14. The van der Waals surface area contributed by atoms with Gasteiger partial charge in [0.2, 0.25) is 0 Å². The fourth-order valence-corrected chi connectivity index (χ4v) is 3.85. The summed E-state index contributed by atoms with van der Waals surface area (Å²) < 4.78 is 24.6. The molecule has 0 saturated heterocycles. The summed E-state index contributed by atoms with van der Waals surface area (Å²) in [6, 6.07) is 18.3. The molecule has 0 N–H and O–H groups in total. The van der Waals surface area contributed by atoms with Crippen LogP contribution >= 0.6 is 7.60 Å². The predicted molar refractivity (Wildman–Crippen MR) is 101 cm³/mol. The summed E-state index contributed by atoms with van der Waals surface area (Å²) in [5.74, 6) is 0.222. The molecule has 0 fully saturated rings. The van der Waals surface area contributed by atoms with Crippen molar-refractivity contribution in [2.75, 3.05) is 0 Å². The number of benzene rings is 3. The second-order valence-electron chi connectivity index (χ2n) is 5.52. The van der Waals surface area contributed by atoms with Crippen LogP contribution in [-0.4, -0.2) is 9.85 Å². The number of hydrogen-bond acceptors (Lipinski definition) is 7. The lowest BCUT2D eigenvalue weighted by molar-refractivity contribution is -0.385. The third-order valence-electron chi connectivity index (χ3n) is 3.62. The normalized spacial score (nSPS) is 10.9. The zero-order valence-corrected chi connectivity index (χ0v) is 15.1. The minimum atomic E-state index is -3.93. The maximum absolute atomic E-state index is 13.5. The summed E-state index contributed by atoms with van der Waals surface area (Å²) in [7, 11) is -3.93. The number of nitro groups is 2. The first kappa shape index (κ1) is 19.1. The molecule has 0 aliphatic heterocycles. The van der Waals surface area contributed by atoms with E-state index in [4.69, 9.17) is 9.05 Å². The van der Waals surface area contributed by atoms with Gasteiger partial charge in [-0.1, -0.05) is 18.2 Å². The molecule has 0 heterocycles. The minimum absolute atomic E-state index is 0.111. The fraction of sp³-hybridized carbons (Fsp3) is 0. The Balaban J connectivity index is 1.92. The lowest BCUT2D eigenvalue weighted by atomic mass is 10.3. The molecule has 3 aromatic carbocycles. The fourth-order valence-electron chi connectivity index (χ4n) is 2.27. The van der Waals surface area contributed by atoms with E-state index in [0.717, 1.165) is 0 Å². The molecule has 0 radical (unpaired) electrons. The van der Waals surface area contributed by atoms with Crippen LogP contribution in [0.15, 0.2) is 78.9 Å². The molecule has 0 aliphatic rings. The average molecular weight is 400 g/mol. The van der Waals surface area contributed by atoms with Gasteiger partial charge in [0.05, 0.1) is 15.2 Å². The monoisotopic (exact) mass is 400 g/mol. The second kappa shape index (κ2) is 7.89. The van der Waals surface area contributed by atoms with Crippen LogP contribution in [-0.2, 0) is 4.57 Å². The number of rotatable bonds is 7. The van der Waals surface area contributed by atoms with Crippen molar-refractivity contribution in [1.29, 1.82) is 0 Å². The van der Waals surface area contributed by atoms with Gasteiger partial charge >= 0.3 is 7.60 Å². The molecule has 10 heteroatoms. The van der Waals surface area contributed by atoms with Gasteiger partial charge in [-0.25, -0.2) is 4.57 Å². The van der Waals surface area contributed by atoms with Crippen molar-refractivity contribution in [3.8, 4) is 11.5 Å². The summed E-state index contributed by atoms with van der Waals surface area (Å²) >= 11 is 0. The zero-order valence-electron chi connectivity index (χ0n) is 14.2. The summed E-state index contributed by atoms with van der Waals surface area (Å²) in [6.45, 7) is 0. The van der Waals surface area contributed by atoms with Crippen molar-refractivity contribution in [3.63, 3.8) is 0 Å². The van der Waals surface area contributed by atoms with E-state index in [2.05, 4.69) is 0 Å². The first-order valence-electron chi connectivity index (χ1n) is 7.91. The molecule has 3 aromatic rings. The Morgan fingerprint density at radius 2 is 1.04 bits per heavy atom. The van der Waals surface area contributed by atoms with Crippen molar-refractivity contribution < 1.29 is 23.5 Å². The SMILES string of the molecule is O=[N+]([O-])c1ccc(OP(=O)(Oc2ccc([N+](=O)[O-])cc2)c2ccccc2)cc1. The number of nitrogens with zero attached hydrogens (tertiary/aromatic N) is 2. The highest BCUT2D eigenvalue weighted by Gasteiger charge is 2.31. The molecule has 0 saturated carbocycles. The highest BCUT2D eigenvalue weighted by atomic mass is 31.2. The van der Waals surface area contributed by atoms with E-state index in [9.17, 15) is 24.8 Å². The van der Waals surface area contributed by atoms with E-state index < -0.39 is 17.4 Å². The smallest absolute Gasteiger partial charge is 0.413 e. The van der Waals surface area contributed by atoms with Crippen LogP contribution in [0.25, 0.3) is 0 Å². The van der Waals surface area contributed by atoms with Crippen molar-refractivity contribution in [2.45, 2.75) is 0 Å². The topological polar surface area (TPSA) is 122 Å². The van der Waals surface area contributed by atoms with E-state index >= 15 is 0 Å². The molecule has 0 aromatic heterocycles. The maximum Gasteiger partial charge on any atom is 0.462 e. The van der Waals surface area contributed by atoms with Crippen molar-refractivity contribution in [2.24, 2.45) is 0 Å². The Labute approximate surface area is 159 Å². The Kier molecular flexibility index (Phi) is 5.37. The van der Waals surface area contributed by atoms with Crippen LogP contribution < -0.4 is 14.4 Å². The van der Waals surface area contributed by atoms with Crippen LogP contribution in [0.3, 0.4) is 0 Å². The van der Waals surface area contributed by atoms with Gasteiger partial charge in [-0.3, -0.25) is 20.2 Å². The predicted octanol–water partition coefficient (Wildman–Crippen LogP) is 4.48. The highest BCUT2D eigenvalue weighted by molar-refractivity contribution is 7.63. The molecule has 0 bridgehead atoms. The van der Waals surface area contributed by atoms with Gasteiger partial charge in [-0.2, -0.15) is 0 Å². The third kappa shape index (κ3) is 4.33. The van der Waals surface area contributed by atoms with Gasteiger partial charge in [0.15, 0.2) is 0 Å². The molecular formula is C18H13N2O7P. The summed E-state index contributed by atoms with van der Waals surface area (Å²) in [4.78, 5) is 20.4. The minimum Gasteiger partial charge on any atom is -0.413 e. The maximum atomic E-state index is 13.5. The standard InChI is InChI=1S/C18H13N2O7P/c21-19(22)14-6-10-16(11-7-14)26-28(25,18-4-2-1-3-5-18)27-17-12-8-15(9-13-17)20(23)24/h1-13H. The third-order valence-corrected chi connectivity index (χ3v) is 5.45. The Hall–Kier alpha value is -3.71. The molecule has 142 valence electrons. The largest absolute Gasteiger partial charge is 0.462 e. The molecule has 0 atom stereocenters. The molecular weight excluding hydrogens is 387 g/mol. The van der Waals surface area contributed by atoms with Crippen molar-refractivity contribution in [1.82, 2.24) is 0 Å². The van der Waals surface area contributed by atoms with E-state index in [1.165, 1.54) is 48.5 Å². The molecule has 9 nitrogen and oxygen atoms in total. The highest BCUT2D eigenvalue weighted by Crippen LogP contribution is 2.47. The van der Waals surface area contributed by atoms with Gasteiger partial charge in [0.1, 0.15) is 11.5 Å². The molecule has 0 spiro atoms. The quantitative estimate of drug-likeness (QED) is 0.325. The van der Waals surface area contributed by atoms with E-state index in [0.29, 0.717) is 0 Å². The molecule has 0 unspecified atom stereocenters. The van der Waals surface area contributed by atoms with Gasteiger partial charge in [0.25, 0.3) is 11.4 Å². The van der Waals surface area contributed by atoms with E-state index in [1.807, 2.05) is 0 Å². The summed E-state index contributed by atoms with van der Waals surface area (Å²) in [5.41, 5.74) is -0.281. The van der Waals surface area contributed by atoms with Gasteiger partial charge < -0.3 is 9.05 Å². The molecule has 3 rings (SSSR count). The number of non-ortho nitro benzene ring substituents is 2. The summed E-state index contributed by atoms with van der Waals surface area (Å²) in [5, 5.41) is 21.8. The van der Waals surface area contributed by atoms with Crippen LogP contribution in [0.4, 0.5) is 11.4 Å². The van der Waals surface area contributed by atoms with Gasteiger partial charge in [0, 0.05) is 24.3 Å². The van der Waals surface area contributed by atoms with Crippen LogP contribution in [0.5, 0.6) is 11.5 Å². The van der Waals surface area contributed by atoms with Gasteiger partial charge in [-0.05, 0) is 36.4 Å². The molecule has 28 heavy (non-hydrogen) atoms. The van der Waals surface area contributed by atoms with Crippen LogP contribution in [0.1, 0.15) is 0 Å². The zero-order chi connectivity index (χ0) is 20.1. The van der Waals surface area contributed by atoms with Crippen molar-refractivity contribution in [3.05, 3.63) is 99.1 Å². The van der Waals surface area contributed by atoms with Crippen LogP contribution in [0.2, 0.25) is 0 Å². The van der Waals surface area contributed by atoms with Crippen LogP contribution in [0, 0.1) is 20.2 Å².